The summed E-state index contributed by atoms with van der Waals surface area (Å²) in [4.78, 5) is 57.4. The van der Waals surface area contributed by atoms with Gasteiger partial charge in [-0.15, -0.1) is 0 Å². The SMILES string of the molecule is CCC(=O)N[C@@H](C(=O)N1CCN(C)[C@@H](COC)C1)[C@@H](C)c1ccc(NC(=O)[C@@H](NC(=O)c2ccnn2CC)C(=C2CC2)C2CC2)c(F)c1. The number of rotatable bonds is 14. The number of hydrogen-bond acceptors (Lipinski definition) is 7. The first kappa shape index (κ1) is 35.2. The van der Waals surface area contributed by atoms with Crippen molar-refractivity contribution < 1.29 is 28.3 Å². The van der Waals surface area contributed by atoms with Gasteiger partial charge in [0.05, 0.1) is 18.3 Å². The smallest absolute Gasteiger partial charge is 0.270 e. The average molecular weight is 666 g/mol. The summed E-state index contributed by atoms with van der Waals surface area (Å²) in [5.74, 6) is -2.47. The Bertz CT molecular complexity index is 1550. The van der Waals surface area contributed by atoms with Crippen LogP contribution in [0.25, 0.3) is 0 Å². The molecular formula is C35H48FN7O5. The molecule has 260 valence electrons. The number of likely N-dealkylation sites (N-methyl/N-ethyl adjacent to an activating group) is 1. The van der Waals surface area contributed by atoms with Gasteiger partial charge in [0.15, 0.2) is 0 Å². The van der Waals surface area contributed by atoms with Crippen molar-refractivity contribution in [1.82, 2.24) is 30.2 Å². The first-order chi connectivity index (χ1) is 23.1. The summed E-state index contributed by atoms with van der Waals surface area (Å²) < 4.78 is 22.7. The fourth-order valence-electron chi connectivity index (χ4n) is 6.45. The van der Waals surface area contributed by atoms with Crippen LogP contribution < -0.4 is 16.0 Å². The molecule has 2 aromatic rings. The van der Waals surface area contributed by atoms with Gasteiger partial charge in [0.2, 0.25) is 11.8 Å². The molecule has 0 radical (unpaired) electrons. The van der Waals surface area contributed by atoms with Crippen LogP contribution in [0.5, 0.6) is 0 Å². The van der Waals surface area contributed by atoms with Crippen LogP contribution in [0, 0.1) is 11.7 Å². The zero-order valence-corrected chi connectivity index (χ0v) is 28.6. The van der Waals surface area contributed by atoms with E-state index in [2.05, 4.69) is 25.9 Å². The lowest BCUT2D eigenvalue weighted by Crippen LogP contribution is -2.59. The van der Waals surface area contributed by atoms with Gasteiger partial charge in [0.1, 0.15) is 23.6 Å². The second kappa shape index (κ2) is 15.4. The van der Waals surface area contributed by atoms with E-state index in [1.54, 1.807) is 48.9 Å². The highest BCUT2D eigenvalue weighted by atomic mass is 19.1. The third-order valence-electron chi connectivity index (χ3n) is 9.65. The Morgan fingerprint density at radius 2 is 1.83 bits per heavy atom. The number of hydrogen-bond donors (Lipinski definition) is 3. The van der Waals surface area contributed by atoms with Crippen LogP contribution in [0.2, 0.25) is 0 Å². The van der Waals surface area contributed by atoms with Gasteiger partial charge >= 0.3 is 0 Å². The van der Waals surface area contributed by atoms with Crippen LogP contribution in [0.15, 0.2) is 41.6 Å². The number of aromatic nitrogens is 2. The van der Waals surface area contributed by atoms with Gasteiger partial charge in [0, 0.05) is 51.8 Å². The summed E-state index contributed by atoms with van der Waals surface area (Å²) in [5.41, 5.74) is 2.91. The summed E-state index contributed by atoms with van der Waals surface area (Å²) in [6, 6.07) is 4.20. The Morgan fingerprint density at radius 1 is 1.08 bits per heavy atom. The van der Waals surface area contributed by atoms with Gasteiger partial charge in [-0.05, 0) is 74.9 Å². The molecule has 1 saturated heterocycles. The summed E-state index contributed by atoms with van der Waals surface area (Å²) in [7, 11) is 3.61. The van der Waals surface area contributed by atoms with Crippen molar-refractivity contribution in [2.75, 3.05) is 45.7 Å². The molecule has 2 heterocycles. The number of nitrogens with zero attached hydrogens (tertiary/aromatic N) is 4. The molecule has 1 aliphatic heterocycles. The first-order valence-corrected chi connectivity index (χ1v) is 17.0. The second-order valence-corrected chi connectivity index (χ2v) is 13.1. The lowest BCUT2D eigenvalue weighted by molar-refractivity contribution is -0.139. The van der Waals surface area contributed by atoms with E-state index >= 15 is 4.39 Å². The van der Waals surface area contributed by atoms with Crippen molar-refractivity contribution in [3.8, 4) is 0 Å². The number of allylic oxidation sites excluding steroid dienone is 1. The highest BCUT2D eigenvalue weighted by molar-refractivity contribution is 6.02. The van der Waals surface area contributed by atoms with Crippen molar-refractivity contribution in [3.05, 3.63) is 58.7 Å². The molecule has 5 rings (SSSR count). The third-order valence-corrected chi connectivity index (χ3v) is 9.65. The van der Waals surface area contributed by atoms with E-state index in [1.807, 2.05) is 14.0 Å². The fourth-order valence-corrected chi connectivity index (χ4v) is 6.45. The third kappa shape index (κ3) is 8.12. The summed E-state index contributed by atoms with van der Waals surface area (Å²) >= 11 is 0. The number of carbonyl (C=O) groups excluding carboxylic acids is 4. The molecule has 13 heteroatoms. The van der Waals surface area contributed by atoms with Crippen molar-refractivity contribution in [3.63, 3.8) is 0 Å². The van der Waals surface area contributed by atoms with Crippen LogP contribution in [0.3, 0.4) is 0 Å². The number of carbonyl (C=O) groups is 4. The number of ether oxygens (including phenoxy) is 1. The van der Waals surface area contributed by atoms with Gasteiger partial charge < -0.3 is 25.6 Å². The molecule has 0 unspecified atom stereocenters. The highest BCUT2D eigenvalue weighted by Gasteiger charge is 2.40. The summed E-state index contributed by atoms with van der Waals surface area (Å²) in [6.45, 7) is 7.95. The average Bonchev–Trinajstić information content (AvgIpc) is 4.03. The molecule has 4 atom stereocenters. The van der Waals surface area contributed by atoms with E-state index < -0.39 is 35.6 Å². The molecule has 0 bridgehead atoms. The van der Waals surface area contributed by atoms with Gasteiger partial charge in [-0.1, -0.05) is 25.5 Å². The molecule has 12 nitrogen and oxygen atoms in total. The van der Waals surface area contributed by atoms with Crippen LogP contribution in [0.1, 0.15) is 74.8 Å². The maximum atomic E-state index is 15.8. The van der Waals surface area contributed by atoms with Crippen LogP contribution in [-0.4, -0.2) is 102 Å². The summed E-state index contributed by atoms with van der Waals surface area (Å²) in [5, 5.41) is 12.7. The Labute approximate surface area is 281 Å². The lowest BCUT2D eigenvalue weighted by atomic mass is 9.91. The number of methoxy groups -OCH3 is 1. The number of anilines is 1. The minimum absolute atomic E-state index is 0.0178. The molecule has 3 N–H and O–H groups in total. The number of benzene rings is 1. The molecule has 2 saturated carbocycles. The molecule has 48 heavy (non-hydrogen) atoms. The van der Waals surface area contributed by atoms with Gasteiger partial charge in [0.25, 0.3) is 11.8 Å². The van der Waals surface area contributed by atoms with E-state index in [0.29, 0.717) is 44.0 Å². The number of amides is 4. The molecule has 1 aromatic carbocycles. The van der Waals surface area contributed by atoms with Gasteiger partial charge in [-0.3, -0.25) is 28.8 Å². The monoisotopic (exact) mass is 665 g/mol. The molecule has 1 aromatic heterocycles. The second-order valence-electron chi connectivity index (χ2n) is 13.1. The molecule has 2 aliphatic carbocycles. The predicted molar refractivity (Wildman–Crippen MR) is 179 cm³/mol. The minimum Gasteiger partial charge on any atom is -0.383 e. The van der Waals surface area contributed by atoms with Crippen molar-refractivity contribution in [2.45, 2.75) is 83.5 Å². The number of halogens is 1. The topological polar surface area (TPSA) is 138 Å². The maximum absolute atomic E-state index is 15.8. The first-order valence-electron chi connectivity index (χ1n) is 17.0. The van der Waals surface area contributed by atoms with Crippen molar-refractivity contribution >= 4 is 29.3 Å². The lowest BCUT2D eigenvalue weighted by Gasteiger charge is -2.41. The standard InChI is InChI=1S/C35H48FN7O5/c1-6-29(44)39-31(35(47)42-17-16-41(4)25(19-42)20-48-5)21(3)24-12-13-27(26(36)18-24)38-34(46)32(30(22-8-9-22)23-10-11-23)40-33(45)28-14-15-37-43(28)7-2/h12-15,18,21-22,25,31-32H,6-11,16-17,19-20H2,1-5H3,(H,38,46)(H,39,44)(H,40,45)/t21-,25+,31+,32-/m0/s1. The van der Waals surface area contributed by atoms with E-state index in [-0.39, 0.29) is 35.9 Å². The normalized spacial score (nSPS) is 19.7. The van der Waals surface area contributed by atoms with Crippen molar-refractivity contribution in [2.24, 2.45) is 5.92 Å². The van der Waals surface area contributed by atoms with Crippen molar-refractivity contribution in [1.29, 1.82) is 0 Å². The Hall–Kier alpha value is -4.10. The number of aryl methyl sites for hydroxylation is 1. The van der Waals surface area contributed by atoms with E-state index in [4.69, 9.17) is 4.74 Å². The highest BCUT2D eigenvalue weighted by Crippen LogP contribution is 2.46. The molecular weight excluding hydrogens is 617 g/mol. The zero-order valence-electron chi connectivity index (χ0n) is 28.6. The Morgan fingerprint density at radius 3 is 2.46 bits per heavy atom. The Balaban J connectivity index is 1.34. The van der Waals surface area contributed by atoms with E-state index in [1.165, 1.54) is 17.7 Å². The van der Waals surface area contributed by atoms with Crippen LogP contribution in [-0.2, 0) is 25.7 Å². The largest absolute Gasteiger partial charge is 0.383 e. The minimum atomic E-state index is -0.947. The number of piperazine rings is 1. The molecule has 3 fully saturated rings. The predicted octanol–water partition coefficient (Wildman–Crippen LogP) is 3.07. The molecule has 4 amide bonds. The zero-order chi connectivity index (χ0) is 34.5. The Kier molecular flexibility index (Phi) is 11.3. The quantitative estimate of drug-likeness (QED) is 0.264. The van der Waals surface area contributed by atoms with Gasteiger partial charge in [-0.25, -0.2) is 4.39 Å². The fraction of sp³-hybridized carbons (Fsp3) is 0.571. The van der Waals surface area contributed by atoms with Crippen LogP contribution in [0.4, 0.5) is 10.1 Å². The van der Waals surface area contributed by atoms with E-state index in [0.717, 1.165) is 31.3 Å². The summed E-state index contributed by atoms with van der Waals surface area (Å²) in [6.07, 6.45) is 5.40. The van der Waals surface area contributed by atoms with Gasteiger partial charge in [-0.2, -0.15) is 5.10 Å². The molecule has 0 spiro atoms. The van der Waals surface area contributed by atoms with Crippen LogP contribution >= 0.6 is 0 Å². The molecule has 3 aliphatic rings. The maximum Gasteiger partial charge on any atom is 0.270 e. The van der Waals surface area contributed by atoms with E-state index in [9.17, 15) is 19.2 Å². The number of nitrogens with one attached hydrogen (secondary N) is 3.